The lowest BCUT2D eigenvalue weighted by Gasteiger charge is -2.40. The Bertz CT molecular complexity index is 705. The van der Waals surface area contributed by atoms with Crippen molar-refractivity contribution >= 4 is 17.2 Å². The van der Waals surface area contributed by atoms with E-state index in [1.54, 1.807) is 0 Å². The van der Waals surface area contributed by atoms with Gasteiger partial charge in [0.2, 0.25) is 0 Å². The highest BCUT2D eigenvalue weighted by Crippen LogP contribution is 2.29. The first-order valence-corrected chi connectivity index (χ1v) is 7.37. The molecule has 110 valence electrons. The zero-order chi connectivity index (χ0) is 14.4. The minimum Gasteiger partial charge on any atom is -0.352 e. The van der Waals surface area contributed by atoms with Gasteiger partial charge >= 0.3 is 0 Å². The molecule has 2 aliphatic heterocycles. The highest BCUT2D eigenvalue weighted by atomic mass is 19.1. The van der Waals surface area contributed by atoms with Crippen LogP contribution in [0.15, 0.2) is 18.2 Å². The van der Waals surface area contributed by atoms with Gasteiger partial charge in [-0.15, -0.1) is 0 Å². The number of aromatic nitrogens is 1. The fraction of sp³-hybridized carbons (Fsp3) is 0.438. The third kappa shape index (κ3) is 2.17. The number of hydrogen-bond acceptors (Lipinski definition) is 3. The summed E-state index contributed by atoms with van der Waals surface area (Å²) in [5, 5.41) is 4.14. The number of fused-ring (bicyclic) bond motifs is 3. The van der Waals surface area contributed by atoms with E-state index in [-0.39, 0.29) is 0 Å². The van der Waals surface area contributed by atoms with Crippen LogP contribution >= 0.6 is 0 Å². The first kappa shape index (κ1) is 13.0. The predicted molar refractivity (Wildman–Crippen MR) is 79.4 cm³/mol. The lowest BCUT2D eigenvalue weighted by Crippen LogP contribution is -2.61. The SMILES string of the molecule is O=Cc1cc2c3c(ccc2[nH]1)CN(CC1(F)CNC1)CC3. The Balaban J connectivity index is 1.62. The number of hydrogen-bond donors (Lipinski definition) is 2. The molecule has 2 aliphatic rings. The largest absolute Gasteiger partial charge is 0.352 e. The summed E-state index contributed by atoms with van der Waals surface area (Å²) in [5.74, 6) is 0. The van der Waals surface area contributed by atoms with Gasteiger partial charge in [0.25, 0.3) is 0 Å². The molecule has 4 rings (SSSR count). The number of rotatable bonds is 3. The third-order valence-corrected chi connectivity index (χ3v) is 4.62. The summed E-state index contributed by atoms with van der Waals surface area (Å²) in [4.78, 5) is 16.2. The van der Waals surface area contributed by atoms with Crippen molar-refractivity contribution in [1.29, 1.82) is 0 Å². The van der Waals surface area contributed by atoms with E-state index in [1.165, 1.54) is 11.1 Å². The van der Waals surface area contributed by atoms with Crippen molar-refractivity contribution in [1.82, 2.24) is 15.2 Å². The van der Waals surface area contributed by atoms with E-state index in [0.29, 0.717) is 25.3 Å². The molecule has 3 heterocycles. The van der Waals surface area contributed by atoms with Crippen molar-refractivity contribution in [3.63, 3.8) is 0 Å². The molecule has 0 saturated carbocycles. The number of aromatic amines is 1. The third-order valence-electron chi connectivity index (χ3n) is 4.62. The standard InChI is InChI=1S/C16H18FN3O/c17-16(8-18-9-16)10-20-4-3-13-11(6-20)1-2-15-14(13)5-12(7-21)19-15/h1-2,5,7,18-19H,3-4,6,8-10H2. The quantitative estimate of drug-likeness (QED) is 0.844. The summed E-state index contributed by atoms with van der Waals surface area (Å²) < 4.78 is 14.2. The second-order valence-corrected chi connectivity index (χ2v) is 6.22. The normalized spacial score (nSPS) is 21.0. The van der Waals surface area contributed by atoms with E-state index < -0.39 is 5.67 Å². The molecule has 2 aromatic rings. The molecule has 4 nitrogen and oxygen atoms in total. The molecule has 2 N–H and O–H groups in total. The number of carbonyl (C=O) groups excluding carboxylic acids is 1. The number of alkyl halides is 1. The summed E-state index contributed by atoms with van der Waals surface area (Å²) >= 11 is 0. The van der Waals surface area contributed by atoms with Crippen molar-refractivity contribution < 1.29 is 9.18 Å². The van der Waals surface area contributed by atoms with Gasteiger partial charge < -0.3 is 10.3 Å². The fourth-order valence-electron chi connectivity index (χ4n) is 3.47. The molecule has 1 aromatic heterocycles. The molecule has 0 radical (unpaired) electrons. The number of H-pyrrole nitrogens is 1. The van der Waals surface area contributed by atoms with E-state index in [2.05, 4.69) is 21.3 Å². The second-order valence-electron chi connectivity index (χ2n) is 6.22. The Morgan fingerprint density at radius 2 is 2.24 bits per heavy atom. The highest BCUT2D eigenvalue weighted by molar-refractivity contribution is 5.91. The van der Waals surface area contributed by atoms with Crippen LogP contribution in [0.3, 0.4) is 0 Å². The number of benzene rings is 1. The van der Waals surface area contributed by atoms with Gasteiger partial charge in [0.15, 0.2) is 6.29 Å². The van der Waals surface area contributed by atoms with Crippen molar-refractivity contribution in [2.75, 3.05) is 26.2 Å². The van der Waals surface area contributed by atoms with Gasteiger partial charge in [0.05, 0.1) is 5.69 Å². The van der Waals surface area contributed by atoms with Crippen LogP contribution < -0.4 is 5.32 Å². The highest BCUT2D eigenvalue weighted by Gasteiger charge is 2.39. The van der Waals surface area contributed by atoms with Gasteiger partial charge in [-0.25, -0.2) is 4.39 Å². The Morgan fingerprint density at radius 3 is 2.95 bits per heavy atom. The molecule has 1 saturated heterocycles. The van der Waals surface area contributed by atoms with Crippen LogP contribution in [-0.4, -0.2) is 48.0 Å². The van der Waals surface area contributed by atoms with Crippen LogP contribution in [-0.2, 0) is 13.0 Å². The summed E-state index contributed by atoms with van der Waals surface area (Å²) in [5.41, 5.74) is 3.12. The number of aldehydes is 1. The van der Waals surface area contributed by atoms with Crippen molar-refractivity contribution in [3.8, 4) is 0 Å². The van der Waals surface area contributed by atoms with E-state index in [9.17, 15) is 9.18 Å². The Labute approximate surface area is 122 Å². The first-order valence-electron chi connectivity index (χ1n) is 7.37. The average molecular weight is 287 g/mol. The van der Waals surface area contributed by atoms with Gasteiger partial charge in [-0.1, -0.05) is 6.07 Å². The minimum absolute atomic E-state index is 0.468. The predicted octanol–water partition coefficient (Wildman–Crippen LogP) is 1.65. The van der Waals surface area contributed by atoms with Gasteiger partial charge in [-0.3, -0.25) is 9.69 Å². The van der Waals surface area contributed by atoms with Gasteiger partial charge in [0, 0.05) is 43.6 Å². The van der Waals surface area contributed by atoms with E-state index >= 15 is 0 Å². The number of nitrogens with one attached hydrogen (secondary N) is 2. The van der Waals surface area contributed by atoms with Crippen LogP contribution in [0.2, 0.25) is 0 Å². The summed E-state index contributed by atoms with van der Waals surface area (Å²) in [6.45, 7) is 3.11. The lowest BCUT2D eigenvalue weighted by molar-refractivity contribution is 0.0378. The van der Waals surface area contributed by atoms with Crippen LogP contribution in [0.1, 0.15) is 21.6 Å². The molecule has 5 heteroatoms. The molecule has 0 unspecified atom stereocenters. The molecule has 0 amide bonds. The smallest absolute Gasteiger partial charge is 0.166 e. The molecule has 1 aromatic carbocycles. The minimum atomic E-state index is -1.06. The Hall–Kier alpha value is -1.72. The summed E-state index contributed by atoms with van der Waals surface area (Å²) in [7, 11) is 0. The van der Waals surface area contributed by atoms with Crippen molar-refractivity contribution in [2.45, 2.75) is 18.6 Å². The molecule has 0 aliphatic carbocycles. The van der Waals surface area contributed by atoms with E-state index in [4.69, 9.17) is 0 Å². The van der Waals surface area contributed by atoms with E-state index in [0.717, 1.165) is 36.7 Å². The molecular formula is C16H18FN3O. The number of halogens is 1. The molecule has 0 bridgehead atoms. The van der Waals surface area contributed by atoms with Gasteiger partial charge in [-0.05, 0) is 29.7 Å². The number of carbonyl (C=O) groups is 1. The van der Waals surface area contributed by atoms with Crippen LogP contribution in [0.5, 0.6) is 0 Å². The molecule has 0 atom stereocenters. The molecule has 1 fully saturated rings. The molecular weight excluding hydrogens is 269 g/mol. The van der Waals surface area contributed by atoms with Crippen molar-refractivity contribution in [3.05, 3.63) is 35.0 Å². The topological polar surface area (TPSA) is 48.1 Å². The van der Waals surface area contributed by atoms with Crippen LogP contribution in [0.4, 0.5) is 4.39 Å². The zero-order valence-corrected chi connectivity index (χ0v) is 11.8. The number of nitrogens with zero attached hydrogens (tertiary/aromatic N) is 1. The maximum absolute atomic E-state index is 14.2. The second kappa shape index (κ2) is 4.64. The maximum Gasteiger partial charge on any atom is 0.166 e. The van der Waals surface area contributed by atoms with E-state index in [1.807, 2.05) is 12.1 Å². The zero-order valence-electron chi connectivity index (χ0n) is 11.8. The Kier molecular flexibility index (Phi) is 2.87. The maximum atomic E-state index is 14.2. The van der Waals surface area contributed by atoms with Crippen LogP contribution in [0, 0.1) is 0 Å². The fourth-order valence-corrected chi connectivity index (χ4v) is 3.47. The summed E-state index contributed by atoms with van der Waals surface area (Å²) in [6, 6.07) is 6.03. The lowest BCUT2D eigenvalue weighted by atomic mass is 9.93. The van der Waals surface area contributed by atoms with Gasteiger partial charge in [0.1, 0.15) is 5.67 Å². The average Bonchev–Trinajstić information content (AvgIpc) is 2.89. The Morgan fingerprint density at radius 1 is 1.38 bits per heavy atom. The molecule has 21 heavy (non-hydrogen) atoms. The van der Waals surface area contributed by atoms with Crippen LogP contribution in [0.25, 0.3) is 10.9 Å². The molecule has 0 spiro atoms. The first-order chi connectivity index (χ1) is 10.2. The monoisotopic (exact) mass is 287 g/mol. The van der Waals surface area contributed by atoms with Gasteiger partial charge in [-0.2, -0.15) is 0 Å². The van der Waals surface area contributed by atoms with Crippen molar-refractivity contribution in [2.24, 2.45) is 0 Å². The summed E-state index contributed by atoms with van der Waals surface area (Å²) in [6.07, 6.45) is 1.75.